The van der Waals surface area contributed by atoms with E-state index in [-0.39, 0.29) is 29.8 Å². The van der Waals surface area contributed by atoms with Gasteiger partial charge in [-0.05, 0) is 25.7 Å². The number of Topliss-reactive ketones (excluding diaryl/α,β-unsaturated/α-hetero) is 1. The Morgan fingerprint density at radius 2 is 1.77 bits per heavy atom. The Labute approximate surface area is 79.1 Å². The quantitative estimate of drug-likeness (QED) is 0.664. The third-order valence-electron chi connectivity index (χ3n) is 3.09. The summed E-state index contributed by atoms with van der Waals surface area (Å²) in [4.78, 5) is 11.2. The smallest absolute Gasteiger partial charge is 0.158 e. The minimum Gasteiger partial charge on any atom is -0.390 e. The topological polar surface area (TPSA) is 46.5 Å². The average molecular weight is 186 g/mol. The molecular formula is C10H18O3. The van der Waals surface area contributed by atoms with Crippen molar-refractivity contribution in [3.63, 3.8) is 0 Å². The SMILES string of the molecule is CC(=O)[C@H]1OC(C)C(O)[C@@H](C)[C@@H]1C. The van der Waals surface area contributed by atoms with E-state index < -0.39 is 6.10 Å². The highest BCUT2D eigenvalue weighted by Crippen LogP contribution is 2.30. The zero-order valence-electron chi connectivity index (χ0n) is 8.65. The summed E-state index contributed by atoms with van der Waals surface area (Å²) in [6.45, 7) is 7.26. The number of hydrogen-bond acceptors (Lipinski definition) is 3. The Kier molecular flexibility index (Phi) is 3.09. The van der Waals surface area contributed by atoms with Gasteiger partial charge in [-0.3, -0.25) is 4.79 Å². The monoisotopic (exact) mass is 186 g/mol. The first-order chi connectivity index (χ1) is 5.95. The van der Waals surface area contributed by atoms with E-state index in [1.54, 1.807) is 0 Å². The van der Waals surface area contributed by atoms with Crippen LogP contribution in [0.3, 0.4) is 0 Å². The van der Waals surface area contributed by atoms with Crippen molar-refractivity contribution in [2.24, 2.45) is 11.8 Å². The van der Waals surface area contributed by atoms with E-state index in [0.29, 0.717) is 0 Å². The number of carbonyl (C=O) groups excluding carboxylic acids is 1. The molecule has 1 aliphatic heterocycles. The van der Waals surface area contributed by atoms with Crippen molar-refractivity contribution in [2.45, 2.75) is 46.0 Å². The van der Waals surface area contributed by atoms with Gasteiger partial charge >= 0.3 is 0 Å². The van der Waals surface area contributed by atoms with Crippen LogP contribution in [0.4, 0.5) is 0 Å². The van der Waals surface area contributed by atoms with Crippen LogP contribution in [0.1, 0.15) is 27.7 Å². The van der Waals surface area contributed by atoms with E-state index in [9.17, 15) is 9.90 Å². The van der Waals surface area contributed by atoms with Gasteiger partial charge in [-0.1, -0.05) is 13.8 Å². The minimum atomic E-state index is -0.453. The predicted molar refractivity (Wildman–Crippen MR) is 49.4 cm³/mol. The summed E-state index contributed by atoms with van der Waals surface area (Å²) in [6, 6.07) is 0. The molecule has 0 radical (unpaired) electrons. The molecule has 0 aromatic rings. The molecule has 3 nitrogen and oxygen atoms in total. The molecule has 3 heteroatoms. The van der Waals surface area contributed by atoms with Gasteiger partial charge in [0.25, 0.3) is 0 Å². The molecule has 1 rings (SSSR count). The van der Waals surface area contributed by atoms with E-state index in [1.807, 2.05) is 20.8 Å². The standard InChI is InChI=1S/C10H18O3/c1-5-6(2)10(7(3)11)13-8(4)9(5)12/h5-6,8-10,12H,1-4H3/t5-,6-,8?,9?,10-/m0/s1. The maximum atomic E-state index is 11.2. The van der Waals surface area contributed by atoms with Crippen LogP contribution in [0.2, 0.25) is 0 Å². The highest BCUT2D eigenvalue weighted by atomic mass is 16.5. The second-order valence-electron chi connectivity index (χ2n) is 4.08. The van der Waals surface area contributed by atoms with Crippen LogP contribution in [-0.4, -0.2) is 29.2 Å². The summed E-state index contributed by atoms with van der Waals surface area (Å²) < 4.78 is 5.44. The van der Waals surface area contributed by atoms with Crippen LogP contribution in [0.25, 0.3) is 0 Å². The van der Waals surface area contributed by atoms with Crippen molar-refractivity contribution in [3.05, 3.63) is 0 Å². The number of ketones is 1. The number of rotatable bonds is 1. The van der Waals surface area contributed by atoms with Crippen LogP contribution < -0.4 is 0 Å². The Morgan fingerprint density at radius 1 is 1.23 bits per heavy atom. The maximum absolute atomic E-state index is 11.2. The van der Waals surface area contributed by atoms with E-state index in [1.165, 1.54) is 6.92 Å². The fourth-order valence-corrected chi connectivity index (χ4v) is 1.92. The summed E-state index contributed by atoms with van der Waals surface area (Å²) in [6.07, 6.45) is -1.03. The fraction of sp³-hybridized carbons (Fsp3) is 0.900. The first kappa shape index (κ1) is 10.7. The lowest BCUT2D eigenvalue weighted by atomic mass is 9.80. The normalized spacial score (nSPS) is 46.1. The van der Waals surface area contributed by atoms with Crippen LogP contribution in [-0.2, 0) is 9.53 Å². The van der Waals surface area contributed by atoms with Gasteiger partial charge in [0.05, 0.1) is 12.2 Å². The van der Waals surface area contributed by atoms with Crippen LogP contribution in [0.15, 0.2) is 0 Å². The third kappa shape index (κ3) is 1.92. The van der Waals surface area contributed by atoms with Gasteiger partial charge in [0.1, 0.15) is 6.10 Å². The lowest BCUT2D eigenvalue weighted by molar-refractivity contribution is -0.172. The van der Waals surface area contributed by atoms with Gasteiger partial charge in [0.2, 0.25) is 0 Å². The summed E-state index contributed by atoms with van der Waals surface area (Å²) in [7, 11) is 0. The molecule has 5 atom stereocenters. The number of aliphatic hydroxyl groups is 1. The highest BCUT2D eigenvalue weighted by molar-refractivity contribution is 5.80. The molecule has 2 unspecified atom stereocenters. The van der Waals surface area contributed by atoms with Gasteiger partial charge in [-0.2, -0.15) is 0 Å². The first-order valence-electron chi connectivity index (χ1n) is 4.79. The van der Waals surface area contributed by atoms with Gasteiger partial charge in [-0.15, -0.1) is 0 Å². The Balaban J connectivity index is 2.76. The molecule has 0 aromatic carbocycles. The van der Waals surface area contributed by atoms with Crippen molar-refractivity contribution >= 4 is 5.78 Å². The minimum absolute atomic E-state index is 0.0538. The van der Waals surface area contributed by atoms with Crippen LogP contribution in [0.5, 0.6) is 0 Å². The van der Waals surface area contributed by atoms with E-state index in [0.717, 1.165) is 0 Å². The van der Waals surface area contributed by atoms with Gasteiger partial charge < -0.3 is 9.84 Å². The number of aliphatic hydroxyl groups excluding tert-OH is 1. The number of hydrogen-bond donors (Lipinski definition) is 1. The van der Waals surface area contributed by atoms with Crippen LogP contribution in [0, 0.1) is 11.8 Å². The molecule has 0 aliphatic carbocycles. The molecule has 1 heterocycles. The zero-order valence-corrected chi connectivity index (χ0v) is 8.65. The highest BCUT2D eigenvalue weighted by Gasteiger charge is 2.40. The molecule has 1 aliphatic rings. The maximum Gasteiger partial charge on any atom is 0.158 e. The first-order valence-corrected chi connectivity index (χ1v) is 4.79. The Bertz CT molecular complexity index is 202. The summed E-state index contributed by atoms with van der Waals surface area (Å²) in [5.41, 5.74) is 0. The molecular weight excluding hydrogens is 168 g/mol. The Hall–Kier alpha value is -0.410. The molecule has 0 spiro atoms. The zero-order chi connectivity index (χ0) is 10.2. The molecule has 1 fully saturated rings. The van der Waals surface area contributed by atoms with Crippen molar-refractivity contribution in [3.8, 4) is 0 Å². The van der Waals surface area contributed by atoms with Gasteiger partial charge in [0, 0.05) is 0 Å². The fourth-order valence-electron chi connectivity index (χ4n) is 1.92. The summed E-state index contributed by atoms with van der Waals surface area (Å²) in [5.74, 6) is 0.277. The lowest BCUT2D eigenvalue weighted by Gasteiger charge is -2.40. The number of carbonyl (C=O) groups is 1. The molecule has 1 N–H and O–H groups in total. The molecule has 13 heavy (non-hydrogen) atoms. The Morgan fingerprint density at radius 3 is 2.23 bits per heavy atom. The second-order valence-corrected chi connectivity index (χ2v) is 4.08. The average Bonchev–Trinajstić information content (AvgIpc) is 2.07. The molecule has 1 saturated heterocycles. The van der Waals surface area contributed by atoms with Crippen molar-refractivity contribution < 1.29 is 14.6 Å². The lowest BCUT2D eigenvalue weighted by Crippen LogP contribution is -2.50. The van der Waals surface area contributed by atoms with Crippen molar-refractivity contribution in [1.82, 2.24) is 0 Å². The van der Waals surface area contributed by atoms with E-state index in [4.69, 9.17) is 4.74 Å². The molecule has 76 valence electrons. The summed E-state index contributed by atoms with van der Waals surface area (Å²) in [5, 5.41) is 9.68. The van der Waals surface area contributed by atoms with Crippen LogP contribution >= 0.6 is 0 Å². The third-order valence-corrected chi connectivity index (χ3v) is 3.09. The molecule has 0 bridgehead atoms. The van der Waals surface area contributed by atoms with E-state index in [2.05, 4.69) is 0 Å². The van der Waals surface area contributed by atoms with Gasteiger partial charge in [0.15, 0.2) is 5.78 Å². The predicted octanol–water partition coefficient (Wildman–Crippen LogP) is 0.996. The second kappa shape index (κ2) is 3.76. The number of ether oxygens (including phenoxy) is 1. The van der Waals surface area contributed by atoms with E-state index >= 15 is 0 Å². The van der Waals surface area contributed by atoms with Crippen molar-refractivity contribution in [2.75, 3.05) is 0 Å². The molecule has 0 amide bonds. The summed E-state index contributed by atoms with van der Waals surface area (Å²) >= 11 is 0. The molecule has 0 saturated carbocycles. The van der Waals surface area contributed by atoms with Crippen molar-refractivity contribution in [1.29, 1.82) is 0 Å². The largest absolute Gasteiger partial charge is 0.390 e. The molecule has 0 aromatic heterocycles. The van der Waals surface area contributed by atoms with Gasteiger partial charge in [-0.25, -0.2) is 0 Å².